The first-order chi connectivity index (χ1) is 9.52. The number of nitrogens with zero attached hydrogens (tertiary/aromatic N) is 1. The van der Waals surface area contributed by atoms with Gasteiger partial charge in [0.25, 0.3) is 0 Å². The predicted octanol–water partition coefficient (Wildman–Crippen LogP) is 2.92. The van der Waals surface area contributed by atoms with Gasteiger partial charge >= 0.3 is 5.97 Å². The van der Waals surface area contributed by atoms with Gasteiger partial charge in [-0.05, 0) is 19.1 Å². The number of aromatic nitrogens is 1. The number of hydrogen-bond donors (Lipinski definition) is 1. The quantitative estimate of drug-likeness (QED) is 0.913. The van der Waals surface area contributed by atoms with Crippen LogP contribution < -0.4 is 9.47 Å². The molecule has 1 aromatic carbocycles. The Morgan fingerprint density at radius 3 is 2.85 bits per heavy atom. The maximum Gasteiger partial charge on any atom is 0.358 e. The zero-order chi connectivity index (χ0) is 14.7. The molecule has 2 aromatic rings. The average Bonchev–Trinajstić information content (AvgIpc) is 2.78. The second kappa shape index (κ2) is 5.83. The Morgan fingerprint density at radius 1 is 1.45 bits per heavy atom. The second-order valence-corrected chi connectivity index (χ2v) is 4.39. The van der Waals surface area contributed by atoms with Gasteiger partial charge in [-0.15, -0.1) is 0 Å². The van der Waals surface area contributed by atoms with Gasteiger partial charge in [-0.2, -0.15) is 0 Å². The van der Waals surface area contributed by atoms with Crippen LogP contribution in [0.3, 0.4) is 0 Å². The minimum absolute atomic E-state index is 0.00889. The average molecular weight is 298 g/mol. The zero-order valence-corrected chi connectivity index (χ0v) is 11.6. The van der Waals surface area contributed by atoms with E-state index < -0.39 is 5.97 Å². The van der Waals surface area contributed by atoms with E-state index in [4.69, 9.17) is 30.7 Å². The van der Waals surface area contributed by atoms with E-state index in [0.717, 1.165) is 0 Å². The molecule has 2 rings (SSSR count). The summed E-state index contributed by atoms with van der Waals surface area (Å²) >= 11 is 5.85. The van der Waals surface area contributed by atoms with Gasteiger partial charge in [-0.3, -0.25) is 0 Å². The molecule has 7 heteroatoms. The highest BCUT2D eigenvalue weighted by molar-refractivity contribution is 6.30. The molecular weight excluding hydrogens is 286 g/mol. The van der Waals surface area contributed by atoms with E-state index in [1.165, 1.54) is 7.11 Å². The van der Waals surface area contributed by atoms with Crippen molar-refractivity contribution in [2.75, 3.05) is 7.11 Å². The van der Waals surface area contributed by atoms with Crippen LogP contribution in [0.25, 0.3) is 0 Å². The Balaban J connectivity index is 2.21. The number of aryl methyl sites for hydroxylation is 1. The molecule has 0 aliphatic carbocycles. The molecule has 0 spiro atoms. The molecule has 20 heavy (non-hydrogen) atoms. The molecule has 0 bridgehead atoms. The van der Waals surface area contributed by atoms with E-state index in [1.54, 1.807) is 25.1 Å². The Kier molecular flexibility index (Phi) is 4.14. The van der Waals surface area contributed by atoms with Crippen molar-refractivity contribution in [2.24, 2.45) is 0 Å². The Bertz CT molecular complexity index is 638. The van der Waals surface area contributed by atoms with Crippen LogP contribution in [0.4, 0.5) is 0 Å². The van der Waals surface area contributed by atoms with Crippen LogP contribution in [-0.2, 0) is 6.61 Å². The molecule has 1 heterocycles. The number of benzene rings is 1. The van der Waals surface area contributed by atoms with Gasteiger partial charge in [0.1, 0.15) is 12.4 Å². The maximum absolute atomic E-state index is 11.0. The van der Waals surface area contributed by atoms with E-state index in [-0.39, 0.29) is 12.3 Å². The minimum atomic E-state index is -1.16. The van der Waals surface area contributed by atoms with Crippen molar-refractivity contribution in [1.29, 1.82) is 0 Å². The van der Waals surface area contributed by atoms with E-state index in [2.05, 4.69) is 5.16 Å². The normalized spacial score (nSPS) is 10.3. The SMILES string of the molecule is COc1cc(Cl)ccc1OCc1c(C(=O)O)noc1C. The number of halogens is 1. The molecule has 0 saturated heterocycles. The molecule has 0 radical (unpaired) electrons. The number of carboxylic acid groups (broad SMARTS) is 1. The predicted molar refractivity (Wildman–Crippen MR) is 70.5 cm³/mol. The first-order valence-electron chi connectivity index (χ1n) is 5.67. The van der Waals surface area contributed by atoms with Crippen LogP contribution >= 0.6 is 11.6 Å². The summed E-state index contributed by atoms with van der Waals surface area (Å²) in [7, 11) is 1.49. The van der Waals surface area contributed by atoms with E-state index >= 15 is 0 Å². The number of rotatable bonds is 5. The van der Waals surface area contributed by atoms with Crippen molar-refractivity contribution < 1.29 is 23.9 Å². The fourth-order valence-electron chi connectivity index (χ4n) is 1.64. The molecule has 0 amide bonds. The first kappa shape index (κ1) is 14.2. The van der Waals surface area contributed by atoms with Crippen LogP contribution in [0.1, 0.15) is 21.8 Å². The maximum atomic E-state index is 11.0. The van der Waals surface area contributed by atoms with Crippen molar-refractivity contribution in [2.45, 2.75) is 13.5 Å². The Hall–Kier alpha value is -2.21. The molecule has 0 unspecified atom stereocenters. The van der Waals surface area contributed by atoms with E-state index in [9.17, 15) is 4.79 Å². The number of carbonyl (C=O) groups is 1. The van der Waals surface area contributed by atoms with Crippen molar-refractivity contribution in [3.05, 3.63) is 40.2 Å². The molecule has 0 saturated carbocycles. The van der Waals surface area contributed by atoms with Crippen LogP contribution in [-0.4, -0.2) is 23.3 Å². The molecular formula is C13H12ClNO5. The lowest BCUT2D eigenvalue weighted by Gasteiger charge is -2.10. The third-order valence-electron chi connectivity index (χ3n) is 2.68. The summed E-state index contributed by atoms with van der Waals surface area (Å²) in [6.07, 6.45) is 0. The highest BCUT2D eigenvalue weighted by Gasteiger charge is 2.20. The van der Waals surface area contributed by atoms with Gasteiger partial charge < -0.3 is 19.1 Å². The van der Waals surface area contributed by atoms with Crippen LogP contribution in [0.15, 0.2) is 22.7 Å². The summed E-state index contributed by atoms with van der Waals surface area (Å²) in [5, 5.41) is 13.0. The summed E-state index contributed by atoms with van der Waals surface area (Å²) in [6, 6.07) is 4.90. The van der Waals surface area contributed by atoms with Gasteiger partial charge in [0.05, 0.1) is 12.7 Å². The van der Waals surface area contributed by atoms with Crippen LogP contribution in [0, 0.1) is 6.92 Å². The monoisotopic (exact) mass is 297 g/mol. The second-order valence-electron chi connectivity index (χ2n) is 3.95. The largest absolute Gasteiger partial charge is 0.493 e. The summed E-state index contributed by atoms with van der Waals surface area (Å²) in [4.78, 5) is 11.0. The Morgan fingerprint density at radius 2 is 2.20 bits per heavy atom. The van der Waals surface area contributed by atoms with Gasteiger partial charge in [-0.25, -0.2) is 4.79 Å². The van der Waals surface area contributed by atoms with Gasteiger partial charge in [0.2, 0.25) is 0 Å². The number of hydrogen-bond acceptors (Lipinski definition) is 5. The minimum Gasteiger partial charge on any atom is -0.493 e. The highest BCUT2D eigenvalue weighted by atomic mass is 35.5. The zero-order valence-electron chi connectivity index (χ0n) is 10.8. The van der Waals surface area contributed by atoms with Crippen molar-refractivity contribution in [3.8, 4) is 11.5 Å². The van der Waals surface area contributed by atoms with Crippen LogP contribution in [0.2, 0.25) is 5.02 Å². The number of ether oxygens (including phenoxy) is 2. The fourth-order valence-corrected chi connectivity index (χ4v) is 1.80. The van der Waals surface area contributed by atoms with E-state index in [1.807, 2.05) is 0 Å². The lowest BCUT2D eigenvalue weighted by molar-refractivity contribution is 0.0683. The van der Waals surface area contributed by atoms with Gasteiger partial charge in [-0.1, -0.05) is 16.8 Å². The van der Waals surface area contributed by atoms with Gasteiger partial charge in [0.15, 0.2) is 17.2 Å². The van der Waals surface area contributed by atoms with Gasteiger partial charge in [0, 0.05) is 11.1 Å². The summed E-state index contributed by atoms with van der Waals surface area (Å²) < 4.78 is 15.5. The smallest absolute Gasteiger partial charge is 0.358 e. The molecule has 0 fully saturated rings. The molecule has 0 aliphatic heterocycles. The molecule has 106 valence electrons. The lowest BCUT2D eigenvalue weighted by atomic mass is 10.2. The van der Waals surface area contributed by atoms with Crippen molar-refractivity contribution in [3.63, 3.8) is 0 Å². The molecule has 1 aromatic heterocycles. The third-order valence-corrected chi connectivity index (χ3v) is 2.92. The molecule has 0 aliphatic rings. The van der Waals surface area contributed by atoms with Crippen LogP contribution in [0.5, 0.6) is 11.5 Å². The highest BCUT2D eigenvalue weighted by Crippen LogP contribution is 2.31. The number of carboxylic acids is 1. The number of aromatic carboxylic acids is 1. The fraction of sp³-hybridized carbons (Fsp3) is 0.231. The standard InChI is InChI=1S/C13H12ClNO5/c1-7-9(12(13(16)17)15-20-7)6-19-10-4-3-8(14)5-11(10)18-2/h3-5H,6H2,1-2H3,(H,16,17). The Labute approximate surface area is 119 Å². The molecule has 0 atom stereocenters. The molecule has 6 nitrogen and oxygen atoms in total. The summed E-state index contributed by atoms with van der Waals surface area (Å²) in [5.41, 5.74) is 0.227. The first-order valence-corrected chi connectivity index (χ1v) is 6.05. The van der Waals surface area contributed by atoms with E-state index in [0.29, 0.717) is 27.8 Å². The summed E-state index contributed by atoms with van der Waals surface area (Å²) in [6.45, 7) is 1.63. The number of methoxy groups -OCH3 is 1. The van der Waals surface area contributed by atoms with Crippen molar-refractivity contribution in [1.82, 2.24) is 5.16 Å². The lowest BCUT2D eigenvalue weighted by Crippen LogP contribution is -2.05. The van der Waals surface area contributed by atoms with Crippen molar-refractivity contribution >= 4 is 17.6 Å². The summed E-state index contributed by atoms with van der Waals surface area (Å²) in [5.74, 6) is 0.149. The molecule has 1 N–H and O–H groups in total. The topological polar surface area (TPSA) is 81.8 Å². The third kappa shape index (κ3) is 2.85.